The first-order valence-corrected chi connectivity index (χ1v) is 7.36. The Morgan fingerprint density at radius 3 is 2.17 bits per heavy atom. The number of hydrogen-bond acceptors (Lipinski definition) is 1. The van der Waals surface area contributed by atoms with Gasteiger partial charge in [0.1, 0.15) is 0 Å². The number of aromatic nitrogens is 1. The molecule has 2 heteroatoms. The molecule has 1 aromatic rings. The Hall–Kier alpha value is -1.05. The molecular weight excluding hydrogens is 222 g/mol. The van der Waals surface area contributed by atoms with Gasteiger partial charge in [-0.1, -0.05) is 0 Å². The molecule has 0 atom stereocenters. The van der Waals surface area contributed by atoms with Gasteiger partial charge in [0, 0.05) is 19.1 Å². The van der Waals surface area contributed by atoms with Crippen LogP contribution in [0.15, 0.2) is 18.2 Å². The van der Waals surface area contributed by atoms with Crippen LogP contribution < -0.4 is 4.73 Å². The number of rotatable bonds is 1. The Kier molecular flexibility index (Phi) is 2.10. The van der Waals surface area contributed by atoms with Crippen LogP contribution in [0.5, 0.6) is 0 Å². The third kappa shape index (κ3) is 1.38. The summed E-state index contributed by atoms with van der Waals surface area (Å²) in [5, 5.41) is 12.4. The molecule has 18 heavy (non-hydrogen) atoms. The quantitative estimate of drug-likeness (QED) is 0.550. The lowest BCUT2D eigenvalue weighted by Gasteiger charge is -2.55. The zero-order valence-electron chi connectivity index (χ0n) is 11.1. The standard InChI is InChI=1S/C16H21NO/c1-11-3-2-4-15(17(11)18)16-8-12-5-13(9-16)7-14(6-12)10-16/h2-4,12-14H,5-10H2,1H3. The Balaban J connectivity index is 1.81. The predicted octanol–water partition coefficient (Wildman–Crippen LogP) is 3.10. The summed E-state index contributed by atoms with van der Waals surface area (Å²) in [6, 6.07) is 6.09. The number of hydrogen-bond donors (Lipinski definition) is 0. The van der Waals surface area contributed by atoms with Crippen LogP contribution in [0.25, 0.3) is 0 Å². The molecule has 0 aliphatic heterocycles. The van der Waals surface area contributed by atoms with E-state index in [0.717, 1.165) is 29.1 Å². The fourth-order valence-corrected chi connectivity index (χ4v) is 5.42. The second-order valence-corrected chi connectivity index (χ2v) is 7.04. The maximum absolute atomic E-state index is 12.4. The molecule has 4 aliphatic rings. The van der Waals surface area contributed by atoms with Crippen molar-refractivity contribution in [2.75, 3.05) is 0 Å². The van der Waals surface area contributed by atoms with E-state index >= 15 is 0 Å². The predicted molar refractivity (Wildman–Crippen MR) is 70.0 cm³/mol. The zero-order chi connectivity index (χ0) is 12.3. The molecule has 4 aliphatic carbocycles. The van der Waals surface area contributed by atoms with Crippen molar-refractivity contribution in [2.45, 2.75) is 50.9 Å². The topological polar surface area (TPSA) is 26.9 Å². The van der Waals surface area contributed by atoms with E-state index in [-0.39, 0.29) is 5.41 Å². The van der Waals surface area contributed by atoms with Gasteiger partial charge in [0.2, 0.25) is 0 Å². The third-order valence-electron chi connectivity index (χ3n) is 5.71. The van der Waals surface area contributed by atoms with Crippen LogP contribution in [-0.2, 0) is 5.41 Å². The van der Waals surface area contributed by atoms with Crippen LogP contribution in [0.4, 0.5) is 0 Å². The van der Waals surface area contributed by atoms with Gasteiger partial charge in [-0.3, -0.25) is 0 Å². The number of pyridine rings is 1. The summed E-state index contributed by atoms with van der Waals surface area (Å²) < 4.78 is 1.22. The normalized spacial score (nSPS) is 41.3. The highest BCUT2D eigenvalue weighted by Gasteiger charge is 2.54. The number of nitrogens with zero attached hydrogens (tertiary/aromatic N) is 1. The average Bonchev–Trinajstić information content (AvgIpc) is 2.30. The first-order chi connectivity index (χ1) is 8.66. The summed E-state index contributed by atoms with van der Waals surface area (Å²) in [5.41, 5.74) is 2.15. The molecule has 1 aromatic heterocycles. The minimum Gasteiger partial charge on any atom is -0.618 e. The van der Waals surface area contributed by atoms with Crippen LogP contribution in [-0.4, -0.2) is 0 Å². The summed E-state index contributed by atoms with van der Waals surface area (Å²) in [7, 11) is 0. The molecule has 1 heterocycles. The molecule has 0 amide bonds. The van der Waals surface area contributed by atoms with Gasteiger partial charge in [0.05, 0.1) is 5.41 Å². The van der Waals surface area contributed by atoms with E-state index in [0.29, 0.717) is 0 Å². The molecule has 5 rings (SSSR count). The van der Waals surface area contributed by atoms with Crippen LogP contribution in [0.2, 0.25) is 0 Å². The molecule has 0 spiro atoms. The van der Waals surface area contributed by atoms with Crippen molar-refractivity contribution in [3.8, 4) is 0 Å². The fraction of sp³-hybridized carbons (Fsp3) is 0.688. The monoisotopic (exact) mass is 243 g/mol. The minimum absolute atomic E-state index is 0.225. The van der Waals surface area contributed by atoms with Gasteiger partial charge in [0.25, 0.3) is 0 Å². The van der Waals surface area contributed by atoms with Crippen molar-refractivity contribution < 1.29 is 4.73 Å². The summed E-state index contributed by atoms with van der Waals surface area (Å²) in [4.78, 5) is 0. The lowest BCUT2D eigenvalue weighted by molar-refractivity contribution is -0.626. The van der Waals surface area contributed by atoms with Crippen molar-refractivity contribution in [3.05, 3.63) is 34.8 Å². The molecule has 4 saturated carbocycles. The SMILES string of the molecule is Cc1cccc(C23CC4CC(CC(C4)C2)C3)[n+]1[O-]. The van der Waals surface area contributed by atoms with Crippen molar-refractivity contribution in [3.63, 3.8) is 0 Å². The van der Waals surface area contributed by atoms with Crippen molar-refractivity contribution in [1.82, 2.24) is 0 Å². The lowest BCUT2D eigenvalue weighted by Crippen LogP contribution is -2.54. The van der Waals surface area contributed by atoms with Gasteiger partial charge in [-0.2, -0.15) is 4.73 Å². The molecule has 96 valence electrons. The highest BCUT2D eigenvalue weighted by molar-refractivity contribution is 5.20. The van der Waals surface area contributed by atoms with Crippen LogP contribution in [0.3, 0.4) is 0 Å². The summed E-state index contributed by atoms with van der Waals surface area (Å²) >= 11 is 0. The summed E-state index contributed by atoms with van der Waals surface area (Å²) in [5.74, 6) is 2.70. The molecule has 0 aromatic carbocycles. The van der Waals surface area contributed by atoms with Gasteiger partial charge >= 0.3 is 0 Å². The molecule has 0 radical (unpaired) electrons. The largest absolute Gasteiger partial charge is 0.618 e. The number of aryl methyl sites for hydroxylation is 1. The molecule has 2 nitrogen and oxygen atoms in total. The van der Waals surface area contributed by atoms with Crippen molar-refractivity contribution >= 4 is 0 Å². The zero-order valence-corrected chi connectivity index (χ0v) is 11.1. The second-order valence-electron chi connectivity index (χ2n) is 7.04. The summed E-state index contributed by atoms with van der Waals surface area (Å²) in [6.07, 6.45) is 8.11. The molecule has 0 saturated heterocycles. The van der Waals surface area contributed by atoms with Gasteiger partial charge < -0.3 is 5.21 Å². The van der Waals surface area contributed by atoms with Crippen molar-refractivity contribution in [1.29, 1.82) is 0 Å². The molecule has 4 fully saturated rings. The van der Waals surface area contributed by atoms with E-state index in [9.17, 15) is 5.21 Å². The van der Waals surface area contributed by atoms with E-state index in [4.69, 9.17) is 0 Å². The van der Waals surface area contributed by atoms with E-state index in [2.05, 4.69) is 12.1 Å². The molecule has 0 N–H and O–H groups in total. The van der Waals surface area contributed by atoms with Gasteiger partial charge in [-0.05, 0) is 62.3 Å². The van der Waals surface area contributed by atoms with Crippen molar-refractivity contribution in [2.24, 2.45) is 17.8 Å². The van der Waals surface area contributed by atoms with Gasteiger partial charge in [-0.15, -0.1) is 0 Å². The van der Waals surface area contributed by atoms with Crippen LogP contribution in [0, 0.1) is 29.9 Å². The Morgan fingerprint density at radius 1 is 1.06 bits per heavy atom. The van der Waals surface area contributed by atoms with E-state index in [1.54, 1.807) is 0 Å². The smallest absolute Gasteiger partial charge is 0.199 e. The highest BCUT2D eigenvalue weighted by Crippen LogP contribution is 2.60. The molecule has 0 unspecified atom stereocenters. The second kappa shape index (κ2) is 3.49. The first kappa shape index (κ1) is 10.8. The minimum atomic E-state index is 0.225. The first-order valence-electron chi connectivity index (χ1n) is 7.36. The van der Waals surface area contributed by atoms with Gasteiger partial charge in [-0.25, -0.2) is 0 Å². The van der Waals surface area contributed by atoms with Gasteiger partial charge in [0.15, 0.2) is 11.4 Å². The maximum atomic E-state index is 12.4. The Labute approximate surface area is 109 Å². The molecule has 4 bridgehead atoms. The molecular formula is C16H21NO. The van der Waals surface area contributed by atoms with Crippen LogP contribution >= 0.6 is 0 Å². The third-order valence-corrected chi connectivity index (χ3v) is 5.71. The fourth-order valence-electron chi connectivity index (χ4n) is 5.42. The highest BCUT2D eigenvalue weighted by atomic mass is 16.5. The average molecular weight is 243 g/mol. The van der Waals surface area contributed by atoms with Crippen LogP contribution in [0.1, 0.15) is 49.9 Å². The van der Waals surface area contributed by atoms with E-state index < -0.39 is 0 Å². The Bertz CT molecular complexity index is 459. The summed E-state index contributed by atoms with van der Waals surface area (Å²) in [6.45, 7) is 1.93. The van der Waals surface area contributed by atoms with E-state index in [1.807, 2.05) is 13.0 Å². The van der Waals surface area contributed by atoms with E-state index in [1.165, 1.54) is 43.3 Å². The lowest BCUT2D eigenvalue weighted by atomic mass is 9.49. The Morgan fingerprint density at radius 2 is 1.61 bits per heavy atom. The maximum Gasteiger partial charge on any atom is 0.199 e.